The average Bonchev–Trinajstić information content (AvgIpc) is 2.98. The summed E-state index contributed by atoms with van der Waals surface area (Å²) in [5.74, 6) is -0.361. The largest absolute Gasteiger partial charge is 0.458 e. The minimum atomic E-state index is -0.912. The molecule has 0 saturated heterocycles. The molecule has 2 heterocycles. The number of fused-ring (bicyclic) bond motifs is 1. The maximum absolute atomic E-state index is 12.0. The standard InChI is InChI=1S/C13H15BrO3S2/c1-3-13(16,4-2)7-17-12(15)10-5-9-11(19-10)8(14)6-18-9/h5-6,16H,3-4,7H2,1-2H3. The second-order valence-corrected chi connectivity index (χ2v) is 7.21. The van der Waals surface area contributed by atoms with Crippen molar-refractivity contribution in [2.24, 2.45) is 0 Å². The van der Waals surface area contributed by atoms with Crippen molar-refractivity contribution in [2.75, 3.05) is 6.61 Å². The molecule has 0 aliphatic carbocycles. The highest BCUT2D eigenvalue weighted by atomic mass is 79.9. The molecule has 2 aromatic heterocycles. The second-order valence-electron chi connectivity index (χ2n) is 4.40. The molecule has 0 fully saturated rings. The van der Waals surface area contributed by atoms with Gasteiger partial charge in [-0.3, -0.25) is 0 Å². The van der Waals surface area contributed by atoms with Crippen LogP contribution in [0.3, 0.4) is 0 Å². The molecule has 19 heavy (non-hydrogen) atoms. The van der Waals surface area contributed by atoms with E-state index in [1.54, 1.807) is 11.3 Å². The van der Waals surface area contributed by atoms with Crippen LogP contribution in [-0.4, -0.2) is 23.3 Å². The number of aliphatic hydroxyl groups is 1. The van der Waals surface area contributed by atoms with Crippen LogP contribution in [0.4, 0.5) is 0 Å². The lowest BCUT2D eigenvalue weighted by molar-refractivity contribution is -0.0363. The van der Waals surface area contributed by atoms with E-state index in [-0.39, 0.29) is 12.6 Å². The lowest BCUT2D eigenvalue weighted by Gasteiger charge is -2.24. The first-order chi connectivity index (χ1) is 8.99. The number of hydrogen-bond acceptors (Lipinski definition) is 5. The molecule has 104 valence electrons. The molecule has 0 aromatic carbocycles. The van der Waals surface area contributed by atoms with E-state index in [9.17, 15) is 9.90 Å². The Bertz CT molecular complexity index is 584. The van der Waals surface area contributed by atoms with Crippen LogP contribution in [0.1, 0.15) is 36.4 Å². The van der Waals surface area contributed by atoms with E-state index >= 15 is 0 Å². The summed E-state index contributed by atoms with van der Waals surface area (Å²) in [7, 11) is 0. The number of rotatable bonds is 5. The molecule has 0 amide bonds. The molecule has 2 aromatic rings. The molecule has 0 spiro atoms. The zero-order chi connectivity index (χ0) is 14.0. The van der Waals surface area contributed by atoms with Gasteiger partial charge >= 0.3 is 5.97 Å². The zero-order valence-electron chi connectivity index (χ0n) is 10.7. The smallest absolute Gasteiger partial charge is 0.348 e. The Labute approximate surface area is 128 Å². The van der Waals surface area contributed by atoms with Gasteiger partial charge in [0, 0.05) is 14.6 Å². The predicted molar refractivity (Wildman–Crippen MR) is 83.2 cm³/mol. The van der Waals surface area contributed by atoms with E-state index in [1.165, 1.54) is 11.3 Å². The summed E-state index contributed by atoms with van der Waals surface area (Å²) in [6.45, 7) is 3.82. The first-order valence-corrected chi connectivity index (χ1v) is 8.54. The fourth-order valence-corrected chi connectivity index (χ4v) is 4.52. The Morgan fingerprint density at radius 3 is 2.74 bits per heavy atom. The average molecular weight is 363 g/mol. The molecule has 0 atom stereocenters. The Balaban J connectivity index is 2.07. The van der Waals surface area contributed by atoms with E-state index in [0.29, 0.717) is 17.7 Å². The Morgan fingerprint density at radius 2 is 2.16 bits per heavy atom. The molecule has 0 unspecified atom stereocenters. The van der Waals surface area contributed by atoms with Crippen LogP contribution < -0.4 is 0 Å². The molecule has 0 bridgehead atoms. The van der Waals surface area contributed by atoms with Gasteiger partial charge in [-0.05, 0) is 34.8 Å². The number of esters is 1. The lowest BCUT2D eigenvalue weighted by atomic mass is 9.99. The number of carbonyl (C=O) groups is 1. The van der Waals surface area contributed by atoms with E-state index in [0.717, 1.165) is 13.9 Å². The number of ether oxygens (including phenoxy) is 1. The van der Waals surface area contributed by atoms with Crippen LogP contribution in [0.2, 0.25) is 0 Å². The van der Waals surface area contributed by atoms with Crippen LogP contribution in [0, 0.1) is 0 Å². The third-order valence-electron chi connectivity index (χ3n) is 3.19. The first kappa shape index (κ1) is 15.0. The van der Waals surface area contributed by atoms with E-state index in [2.05, 4.69) is 15.9 Å². The van der Waals surface area contributed by atoms with Gasteiger partial charge in [0.05, 0.1) is 10.3 Å². The van der Waals surface area contributed by atoms with Gasteiger partial charge in [-0.1, -0.05) is 13.8 Å². The van der Waals surface area contributed by atoms with Gasteiger partial charge in [0.1, 0.15) is 11.5 Å². The van der Waals surface area contributed by atoms with Crippen LogP contribution in [0.15, 0.2) is 15.9 Å². The van der Waals surface area contributed by atoms with Gasteiger partial charge in [0.2, 0.25) is 0 Å². The van der Waals surface area contributed by atoms with Crippen LogP contribution >= 0.6 is 38.6 Å². The molecule has 6 heteroatoms. The van der Waals surface area contributed by atoms with Crippen molar-refractivity contribution in [1.29, 1.82) is 0 Å². The maximum Gasteiger partial charge on any atom is 0.348 e. The van der Waals surface area contributed by atoms with Crippen molar-refractivity contribution in [2.45, 2.75) is 32.3 Å². The fraction of sp³-hybridized carbons (Fsp3) is 0.462. The molecule has 0 radical (unpaired) electrons. The topological polar surface area (TPSA) is 46.5 Å². The van der Waals surface area contributed by atoms with E-state index in [4.69, 9.17) is 4.74 Å². The highest BCUT2D eigenvalue weighted by molar-refractivity contribution is 9.10. The Hall–Kier alpha value is -0.430. The van der Waals surface area contributed by atoms with Crippen molar-refractivity contribution in [3.05, 3.63) is 20.8 Å². The van der Waals surface area contributed by atoms with Crippen LogP contribution in [-0.2, 0) is 4.74 Å². The predicted octanol–water partition coefficient (Wildman–Crippen LogP) is 4.43. The molecule has 3 nitrogen and oxygen atoms in total. The summed E-state index contributed by atoms with van der Waals surface area (Å²) >= 11 is 6.45. The minimum Gasteiger partial charge on any atom is -0.458 e. The minimum absolute atomic E-state index is 0.0472. The Kier molecular flexibility index (Phi) is 4.66. The van der Waals surface area contributed by atoms with Gasteiger partial charge in [0.25, 0.3) is 0 Å². The summed E-state index contributed by atoms with van der Waals surface area (Å²) in [4.78, 5) is 12.5. The van der Waals surface area contributed by atoms with E-state index in [1.807, 2.05) is 25.3 Å². The van der Waals surface area contributed by atoms with Crippen molar-refractivity contribution >= 4 is 54.0 Å². The zero-order valence-corrected chi connectivity index (χ0v) is 14.0. The van der Waals surface area contributed by atoms with Gasteiger partial charge < -0.3 is 9.84 Å². The number of thiophene rings is 2. The normalized spacial score (nSPS) is 12.0. The molecular formula is C13H15BrO3S2. The van der Waals surface area contributed by atoms with Crippen molar-refractivity contribution < 1.29 is 14.6 Å². The summed E-state index contributed by atoms with van der Waals surface area (Å²) in [6.07, 6.45) is 1.14. The molecular weight excluding hydrogens is 348 g/mol. The molecule has 2 rings (SSSR count). The third-order valence-corrected chi connectivity index (χ3v) is 6.59. The summed E-state index contributed by atoms with van der Waals surface area (Å²) < 4.78 is 8.38. The first-order valence-electron chi connectivity index (χ1n) is 6.05. The summed E-state index contributed by atoms with van der Waals surface area (Å²) in [6, 6.07) is 1.84. The van der Waals surface area contributed by atoms with Gasteiger partial charge in [-0.15, -0.1) is 22.7 Å². The summed E-state index contributed by atoms with van der Waals surface area (Å²) in [5.41, 5.74) is -0.912. The SMILES string of the molecule is CCC(O)(CC)COC(=O)c1cc2scc(Br)c2s1. The molecule has 0 aliphatic heterocycles. The van der Waals surface area contributed by atoms with E-state index < -0.39 is 5.60 Å². The number of hydrogen-bond donors (Lipinski definition) is 1. The second kappa shape index (κ2) is 5.91. The highest BCUT2D eigenvalue weighted by Crippen LogP contribution is 2.37. The Morgan fingerprint density at radius 1 is 1.47 bits per heavy atom. The number of carbonyl (C=O) groups excluding carboxylic acids is 1. The van der Waals surface area contributed by atoms with Gasteiger partial charge in [0.15, 0.2) is 0 Å². The molecule has 1 N–H and O–H groups in total. The van der Waals surface area contributed by atoms with Gasteiger partial charge in [-0.2, -0.15) is 0 Å². The third kappa shape index (κ3) is 3.18. The fourth-order valence-electron chi connectivity index (χ4n) is 1.62. The van der Waals surface area contributed by atoms with Crippen molar-refractivity contribution in [3.8, 4) is 0 Å². The summed E-state index contributed by atoms with van der Waals surface area (Å²) in [5, 5.41) is 12.1. The quantitative estimate of drug-likeness (QED) is 0.800. The molecule has 0 aliphatic rings. The molecule has 0 saturated carbocycles. The van der Waals surface area contributed by atoms with Crippen LogP contribution in [0.5, 0.6) is 0 Å². The highest BCUT2D eigenvalue weighted by Gasteiger charge is 2.25. The van der Waals surface area contributed by atoms with Crippen molar-refractivity contribution in [3.63, 3.8) is 0 Å². The maximum atomic E-state index is 12.0. The van der Waals surface area contributed by atoms with Crippen LogP contribution in [0.25, 0.3) is 9.40 Å². The van der Waals surface area contributed by atoms with Crippen molar-refractivity contribution in [1.82, 2.24) is 0 Å². The lowest BCUT2D eigenvalue weighted by Crippen LogP contribution is -2.33. The number of halogens is 1. The monoisotopic (exact) mass is 362 g/mol. The van der Waals surface area contributed by atoms with Gasteiger partial charge in [-0.25, -0.2) is 4.79 Å².